The summed E-state index contributed by atoms with van der Waals surface area (Å²) in [5, 5.41) is 7.96. The Balaban J connectivity index is 1.94. The number of likely N-dealkylation sites (N-methyl/N-ethyl adjacent to an activating group) is 1. The number of rotatable bonds is 4. The Morgan fingerprint density at radius 2 is 1.86 bits per heavy atom. The third kappa shape index (κ3) is 4.31. The second-order valence-corrected chi connectivity index (χ2v) is 4.80. The van der Waals surface area contributed by atoms with Gasteiger partial charge >= 0.3 is 6.03 Å². The third-order valence-corrected chi connectivity index (χ3v) is 3.10. The zero-order valence-electron chi connectivity index (χ0n) is 12.5. The quantitative estimate of drug-likeness (QED) is 0.810. The fourth-order valence-electron chi connectivity index (χ4n) is 1.86. The van der Waals surface area contributed by atoms with Gasteiger partial charge in [0.15, 0.2) is 0 Å². The van der Waals surface area contributed by atoms with E-state index in [1.807, 2.05) is 31.2 Å². The number of pyridine rings is 1. The van der Waals surface area contributed by atoms with Crippen LogP contribution in [0.4, 0.5) is 16.3 Å². The largest absolute Gasteiger partial charge is 0.359 e. The molecule has 0 aliphatic heterocycles. The number of amides is 3. The Hall–Kier alpha value is -2.89. The number of aromatic nitrogens is 1. The Morgan fingerprint density at radius 3 is 2.50 bits per heavy atom. The summed E-state index contributed by atoms with van der Waals surface area (Å²) < 4.78 is 0. The van der Waals surface area contributed by atoms with Crippen molar-refractivity contribution >= 4 is 23.4 Å². The lowest BCUT2D eigenvalue weighted by molar-refractivity contribution is -0.119. The third-order valence-electron chi connectivity index (χ3n) is 3.10. The molecule has 0 aliphatic carbocycles. The molecule has 3 amide bonds. The van der Waals surface area contributed by atoms with Gasteiger partial charge in [0.05, 0.1) is 6.42 Å². The molecule has 2 aromatic rings. The average Bonchev–Trinajstić information content (AvgIpc) is 2.51. The minimum absolute atomic E-state index is 0.0835. The SMILES string of the molecule is CNC(=O)Cc1ccc(NC(=O)Nc2ccccc2C)nc1. The van der Waals surface area contributed by atoms with Crippen LogP contribution in [-0.4, -0.2) is 24.0 Å². The second-order valence-electron chi connectivity index (χ2n) is 4.80. The summed E-state index contributed by atoms with van der Waals surface area (Å²) >= 11 is 0. The highest BCUT2D eigenvalue weighted by atomic mass is 16.2. The number of aryl methyl sites for hydroxylation is 1. The molecule has 3 N–H and O–H groups in total. The number of para-hydroxylation sites is 1. The number of carbonyl (C=O) groups excluding carboxylic acids is 2. The molecule has 0 radical (unpaired) electrons. The van der Waals surface area contributed by atoms with Gasteiger partial charge in [0, 0.05) is 18.9 Å². The predicted molar refractivity (Wildman–Crippen MR) is 85.8 cm³/mol. The van der Waals surface area contributed by atoms with Gasteiger partial charge in [-0.1, -0.05) is 24.3 Å². The maximum atomic E-state index is 11.9. The van der Waals surface area contributed by atoms with Crippen molar-refractivity contribution in [3.63, 3.8) is 0 Å². The molecular formula is C16H18N4O2. The maximum absolute atomic E-state index is 11.9. The van der Waals surface area contributed by atoms with Crippen LogP contribution < -0.4 is 16.0 Å². The Bertz CT molecular complexity index is 668. The minimum atomic E-state index is -0.360. The van der Waals surface area contributed by atoms with Gasteiger partial charge in [-0.25, -0.2) is 9.78 Å². The van der Waals surface area contributed by atoms with Crippen molar-refractivity contribution in [2.75, 3.05) is 17.7 Å². The number of hydrogen-bond donors (Lipinski definition) is 3. The van der Waals surface area contributed by atoms with E-state index in [-0.39, 0.29) is 18.4 Å². The number of urea groups is 1. The van der Waals surface area contributed by atoms with Gasteiger partial charge in [-0.15, -0.1) is 0 Å². The van der Waals surface area contributed by atoms with Crippen molar-refractivity contribution in [3.05, 3.63) is 53.7 Å². The molecule has 1 aromatic heterocycles. The van der Waals surface area contributed by atoms with Crippen LogP contribution in [0.25, 0.3) is 0 Å². The molecule has 0 aliphatic rings. The zero-order chi connectivity index (χ0) is 15.9. The highest BCUT2D eigenvalue weighted by molar-refractivity contribution is 5.99. The summed E-state index contributed by atoms with van der Waals surface area (Å²) in [6, 6.07) is 10.6. The van der Waals surface area contributed by atoms with Crippen molar-refractivity contribution < 1.29 is 9.59 Å². The lowest BCUT2D eigenvalue weighted by Crippen LogP contribution is -2.21. The molecule has 0 saturated carbocycles. The molecule has 6 heteroatoms. The number of nitrogens with one attached hydrogen (secondary N) is 3. The van der Waals surface area contributed by atoms with Crippen molar-refractivity contribution in [2.24, 2.45) is 0 Å². The fraction of sp³-hybridized carbons (Fsp3) is 0.188. The number of anilines is 2. The number of hydrogen-bond acceptors (Lipinski definition) is 3. The van der Waals surface area contributed by atoms with Gasteiger partial charge in [0.1, 0.15) is 5.82 Å². The van der Waals surface area contributed by atoms with E-state index < -0.39 is 0 Å². The number of carbonyl (C=O) groups is 2. The molecule has 0 saturated heterocycles. The van der Waals surface area contributed by atoms with E-state index in [1.54, 1.807) is 25.4 Å². The molecule has 1 heterocycles. The van der Waals surface area contributed by atoms with Crippen molar-refractivity contribution in [1.29, 1.82) is 0 Å². The summed E-state index contributed by atoms with van der Waals surface area (Å²) in [6.45, 7) is 1.92. The predicted octanol–water partition coefficient (Wildman–Crippen LogP) is 2.32. The van der Waals surface area contributed by atoms with Crippen LogP contribution in [0.15, 0.2) is 42.6 Å². The normalized spacial score (nSPS) is 9.91. The molecular weight excluding hydrogens is 280 g/mol. The number of nitrogens with zero attached hydrogens (tertiary/aromatic N) is 1. The summed E-state index contributed by atoms with van der Waals surface area (Å²) in [4.78, 5) is 27.3. The molecule has 6 nitrogen and oxygen atoms in total. The lowest BCUT2D eigenvalue weighted by Gasteiger charge is -2.09. The van der Waals surface area contributed by atoms with Crippen molar-refractivity contribution in [2.45, 2.75) is 13.3 Å². The van der Waals surface area contributed by atoms with E-state index in [2.05, 4.69) is 20.9 Å². The van der Waals surface area contributed by atoms with Crippen molar-refractivity contribution in [3.8, 4) is 0 Å². The van der Waals surface area contributed by atoms with Gasteiger partial charge in [0.25, 0.3) is 0 Å². The van der Waals surface area contributed by atoms with Gasteiger partial charge in [-0.3, -0.25) is 10.1 Å². The summed E-state index contributed by atoms with van der Waals surface area (Å²) in [5.41, 5.74) is 2.51. The second kappa shape index (κ2) is 7.21. The maximum Gasteiger partial charge on any atom is 0.324 e. The molecule has 1 aromatic carbocycles. The van der Waals surface area contributed by atoms with E-state index in [0.29, 0.717) is 5.82 Å². The summed E-state index contributed by atoms with van der Waals surface area (Å²) in [6.07, 6.45) is 1.83. The van der Waals surface area contributed by atoms with Crippen LogP contribution in [0.1, 0.15) is 11.1 Å². The first kappa shape index (κ1) is 15.5. The van der Waals surface area contributed by atoms with E-state index in [1.165, 1.54) is 0 Å². The topological polar surface area (TPSA) is 83.1 Å². The van der Waals surface area contributed by atoms with E-state index in [4.69, 9.17) is 0 Å². The first-order chi connectivity index (χ1) is 10.6. The van der Waals surface area contributed by atoms with Crippen LogP contribution in [0.5, 0.6) is 0 Å². The number of benzene rings is 1. The monoisotopic (exact) mass is 298 g/mol. The van der Waals surface area contributed by atoms with E-state index >= 15 is 0 Å². The molecule has 0 fully saturated rings. The molecule has 0 spiro atoms. The first-order valence-corrected chi connectivity index (χ1v) is 6.87. The first-order valence-electron chi connectivity index (χ1n) is 6.87. The van der Waals surface area contributed by atoms with Gasteiger partial charge in [-0.05, 0) is 30.2 Å². The molecule has 2 rings (SSSR count). The minimum Gasteiger partial charge on any atom is -0.359 e. The van der Waals surface area contributed by atoms with Gasteiger partial charge in [0.2, 0.25) is 5.91 Å². The van der Waals surface area contributed by atoms with E-state index in [9.17, 15) is 9.59 Å². The molecule has 0 unspecified atom stereocenters. The van der Waals surface area contributed by atoms with Crippen LogP contribution >= 0.6 is 0 Å². The smallest absolute Gasteiger partial charge is 0.324 e. The summed E-state index contributed by atoms with van der Waals surface area (Å²) in [7, 11) is 1.58. The van der Waals surface area contributed by atoms with Crippen LogP contribution in [0.3, 0.4) is 0 Å². The standard InChI is InChI=1S/C16H18N4O2/c1-11-5-3-4-6-13(11)19-16(22)20-14-8-7-12(10-18-14)9-15(21)17-2/h3-8,10H,9H2,1-2H3,(H,17,21)(H2,18,19,20,22). The fourth-order valence-corrected chi connectivity index (χ4v) is 1.86. The molecule has 0 bridgehead atoms. The van der Waals surface area contributed by atoms with Gasteiger partial charge < -0.3 is 10.6 Å². The highest BCUT2D eigenvalue weighted by Gasteiger charge is 2.06. The van der Waals surface area contributed by atoms with Crippen molar-refractivity contribution in [1.82, 2.24) is 10.3 Å². The molecule has 22 heavy (non-hydrogen) atoms. The Morgan fingerprint density at radius 1 is 1.09 bits per heavy atom. The summed E-state index contributed by atoms with van der Waals surface area (Å²) in [5.74, 6) is 0.339. The van der Waals surface area contributed by atoms with Crippen LogP contribution in [0.2, 0.25) is 0 Å². The highest BCUT2D eigenvalue weighted by Crippen LogP contribution is 2.13. The van der Waals surface area contributed by atoms with Crippen LogP contribution in [0, 0.1) is 6.92 Å². The zero-order valence-corrected chi connectivity index (χ0v) is 12.5. The molecule has 0 atom stereocenters. The lowest BCUT2D eigenvalue weighted by atomic mass is 10.2. The van der Waals surface area contributed by atoms with E-state index in [0.717, 1.165) is 16.8 Å². The Kier molecular flexibility index (Phi) is 5.08. The Labute approximate surface area is 129 Å². The van der Waals surface area contributed by atoms with Gasteiger partial charge in [-0.2, -0.15) is 0 Å². The molecule has 114 valence electrons. The van der Waals surface area contributed by atoms with Crippen LogP contribution in [-0.2, 0) is 11.2 Å². The average molecular weight is 298 g/mol.